The zero-order valence-corrected chi connectivity index (χ0v) is 14.3. The third kappa shape index (κ3) is 3.62. The number of aromatic hydroxyl groups is 2. The van der Waals surface area contributed by atoms with Crippen LogP contribution in [-0.2, 0) is 4.74 Å². The van der Waals surface area contributed by atoms with Gasteiger partial charge in [0.2, 0.25) is 0 Å². The number of hydrazine groups is 1. The van der Waals surface area contributed by atoms with Gasteiger partial charge in [-0.2, -0.15) is 0 Å². The number of nitrogens with one attached hydrogen (secondary N) is 1. The summed E-state index contributed by atoms with van der Waals surface area (Å²) in [7, 11) is 2.47. The average Bonchev–Trinajstić information content (AvgIpc) is 2.60. The third-order valence-electron chi connectivity index (χ3n) is 3.46. The molecule has 5 N–H and O–H groups in total. The van der Waals surface area contributed by atoms with E-state index in [0.717, 1.165) is 13.2 Å². The highest BCUT2D eigenvalue weighted by Gasteiger charge is 2.24. The smallest absolute Gasteiger partial charge is 0.341 e. The van der Waals surface area contributed by atoms with Crippen molar-refractivity contribution in [1.82, 2.24) is 5.43 Å². The Balaban J connectivity index is 2.69. The van der Waals surface area contributed by atoms with Crippen molar-refractivity contribution in [3.8, 4) is 28.7 Å². The van der Waals surface area contributed by atoms with E-state index in [1.165, 1.54) is 25.3 Å². The van der Waals surface area contributed by atoms with Crippen molar-refractivity contribution in [3.63, 3.8) is 0 Å². The Morgan fingerprint density at radius 3 is 2.35 bits per heavy atom. The molecule has 0 bridgehead atoms. The van der Waals surface area contributed by atoms with Crippen LogP contribution < -0.4 is 20.7 Å². The van der Waals surface area contributed by atoms with Gasteiger partial charge in [-0.15, -0.1) is 0 Å². The molecule has 2 aromatic carbocycles. The molecule has 2 aromatic rings. The molecule has 0 unspecified atom stereocenters. The predicted octanol–water partition coefficient (Wildman–Crippen LogP) is 1.60. The Morgan fingerprint density at radius 1 is 1.08 bits per heavy atom. The van der Waals surface area contributed by atoms with E-state index in [4.69, 9.17) is 15.3 Å². The van der Waals surface area contributed by atoms with E-state index in [0.29, 0.717) is 5.56 Å². The first-order chi connectivity index (χ1) is 12.3. The Bertz CT molecular complexity index is 865. The molecule has 0 radical (unpaired) electrons. The fraction of sp³-hybridized carbons (Fsp3) is 0.176. The number of phenolic OH excluding ortho intramolecular Hbond substituents is 2. The highest BCUT2D eigenvalue weighted by Crippen LogP contribution is 2.41. The van der Waals surface area contributed by atoms with Crippen LogP contribution in [0.25, 0.3) is 0 Å². The van der Waals surface area contributed by atoms with E-state index in [-0.39, 0.29) is 39.9 Å². The van der Waals surface area contributed by atoms with Crippen LogP contribution in [0.2, 0.25) is 0 Å². The Hall–Kier alpha value is -3.46. The summed E-state index contributed by atoms with van der Waals surface area (Å²) >= 11 is 0. The number of carbonyl (C=O) groups excluding carboxylic acids is 2. The molecule has 9 nitrogen and oxygen atoms in total. The van der Waals surface area contributed by atoms with Crippen molar-refractivity contribution in [3.05, 3.63) is 41.0 Å². The highest BCUT2D eigenvalue weighted by molar-refractivity contribution is 6.00. The molecule has 2 rings (SSSR count). The second kappa shape index (κ2) is 7.62. The van der Waals surface area contributed by atoms with E-state index < -0.39 is 11.9 Å². The van der Waals surface area contributed by atoms with Crippen LogP contribution in [0.5, 0.6) is 28.7 Å². The Labute approximate surface area is 148 Å². The molecule has 138 valence electrons. The Kier molecular flexibility index (Phi) is 5.53. The second-order valence-electron chi connectivity index (χ2n) is 5.25. The molecule has 0 spiro atoms. The van der Waals surface area contributed by atoms with Crippen molar-refractivity contribution in [2.24, 2.45) is 5.84 Å². The van der Waals surface area contributed by atoms with Crippen LogP contribution in [0.1, 0.15) is 26.3 Å². The number of nitrogen functional groups attached to an aromatic ring is 1. The van der Waals surface area contributed by atoms with Gasteiger partial charge in [-0.1, -0.05) is 0 Å². The van der Waals surface area contributed by atoms with E-state index in [1.54, 1.807) is 6.92 Å². The van der Waals surface area contributed by atoms with E-state index >= 15 is 0 Å². The lowest BCUT2D eigenvalue weighted by molar-refractivity contribution is 0.0596. The van der Waals surface area contributed by atoms with Crippen LogP contribution in [0, 0.1) is 6.92 Å². The van der Waals surface area contributed by atoms with Crippen molar-refractivity contribution >= 4 is 11.9 Å². The molecule has 0 aliphatic rings. The van der Waals surface area contributed by atoms with Gasteiger partial charge in [0.05, 0.1) is 14.2 Å². The van der Waals surface area contributed by atoms with Gasteiger partial charge < -0.3 is 24.4 Å². The number of rotatable bonds is 5. The van der Waals surface area contributed by atoms with Crippen molar-refractivity contribution in [2.45, 2.75) is 6.92 Å². The molecular weight excluding hydrogens is 344 g/mol. The normalized spacial score (nSPS) is 10.2. The van der Waals surface area contributed by atoms with Crippen LogP contribution in [0.4, 0.5) is 0 Å². The fourth-order valence-electron chi connectivity index (χ4n) is 2.33. The second-order valence-corrected chi connectivity index (χ2v) is 5.25. The first kappa shape index (κ1) is 18.9. The van der Waals surface area contributed by atoms with E-state index in [9.17, 15) is 19.8 Å². The standard InChI is InChI=1S/C17H18N2O7/c1-8-4-11(21)14(16(22)19-18)12(5-8)26-15-10(17(23)25-3)6-9(20)7-13(15)24-2/h4-7,20-21H,18H2,1-3H3,(H,19,22). The summed E-state index contributed by atoms with van der Waals surface area (Å²) < 4.78 is 15.5. The van der Waals surface area contributed by atoms with Gasteiger partial charge in [-0.05, 0) is 30.7 Å². The lowest BCUT2D eigenvalue weighted by atomic mass is 10.1. The maximum atomic E-state index is 12.0. The van der Waals surface area contributed by atoms with Crippen molar-refractivity contribution in [1.29, 1.82) is 0 Å². The van der Waals surface area contributed by atoms with Gasteiger partial charge in [0, 0.05) is 6.07 Å². The number of hydrogen-bond acceptors (Lipinski definition) is 8. The summed E-state index contributed by atoms with van der Waals surface area (Å²) in [5, 5.41) is 19.9. The first-order valence-corrected chi connectivity index (χ1v) is 7.34. The summed E-state index contributed by atoms with van der Waals surface area (Å²) in [6, 6.07) is 5.17. The molecule has 1 amide bonds. The molecule has 0 saturated carbocycles. The van der Waals surface area contributed by atoms with Gasteiger partial charge in [-0.25, -0.2) is 10.6 Å². The molecule has 9 heteroatoms. The summed E-state index contributed by atoms with van der Waals surface area (Å²) in [4.78, 5) is 24.0. The molecule has 0 fully saturated rings. The maximum absolute atomic E-state index is 12.0. The number of ether oxygens (including phenoxy) is 3. The molecule has 0 heterocycles. The molecule has 0 aromatic heterocycles. The molecule has 26 heavy (non-hydrogen) atoms. The lowest BCUT2D eigenvalue weighted by Gasteiger charge is -2.17. The van der Waals surface area contributed by atoms with Gasteiger partial charge in [0.25, 0.3) is 5.91 Å². The maximum Gasteiger partial charge on any atom is 0.341 e. The number of methoxy groups -OCH3 is 2. The average molecular weight is 362 g/mol. The summed E-state index contributed by atoms with van der Waals surface area (Å²) in [5.74, 6) is 2.80. The minimum atomic E-state index is -0.796. The number of amides is 1. The van der Waals surface area contributed by atoms with Crippen molar-refractivity contribution < 1.29 is 34.0 Å². The minimum Gasteiger partial charge on any atom is -0.508 e. The SMILES string of the molecule is COC(=O)c1cc(O)cc(OC)c1Oc1cc(C)cc(O)c1C(=O)NN. The monoisotopic (exact) mass is 362 g/mol. The summed E-state index contributed by atoms with van der Waals surface area (Å²) in [6.45, 7) is 1.67. The number of nitrogens with two attached hydrogens (primary N) is 1. The topological polar surface area (TPSA) is 140 Å². The van der Waals surface area contributed by atoms with Crippen LogP contribution in [0.15, 0.2) is 24.3 Å². The predicted molar refractivity (Wildman–Crippen MR) is 90.6 cm³/mol. The minimum absolute atomic E-state index is 0.0190. The molecule has 0 aliphatic heterocycles. The van der Waals surface area contributed by atoms with Crippen LogP contribution in [-0.4, -0.2) is 36.3 Å². The zero-order chi connectivity index (χ0) is 19.4. The number of hydrogen-bond donors (Lipinski definition) is 4. The van der Waals surface area contributed by atoms with Gasteiger partial charge in [0.15, 0.2) is 11.5 Å². The molecule has 0 saturated heterocycles. The molecule has 0 atom stereocenters. The number of phenols is 2. The van der Waals surface area contributed by atoms with Gasteiger partial charge >= 0.3 is 5.97 Å². The quantitative estimate of drug-likeness (QED) is 0.272. The number of esters is 1. The largest absolute Gasteiger partial charge is 0.508 e. The zero-order valence-electron chi connectivity index (χ0n) is 14.3. The van der Waals surface area contributed by atoms with Crippen LogP contribution >= 0.6 is 0 Å². The van der Waals surface area contributed by atoms with E-state index in [1.807, 2.05) is 5.43 Å². The lowest BCUT2D eigenvalue weighted by Crippen LogP contribution is -2.30. The van der Waals surface area contributed by atoms with Crippen LogP contribution in [0.3, 0.4) is 0 Å². The highest BCUT2D eigenvalue weighted by atomic mass is 16.5. The molecule has 0 aliphatic carbocycles. The third-order valence-corrected chi connectivity index (χ3v) is 3.46. The number of benzene rings is 2. The number of carbonyl (C=O) groups is 2. The molecular formula is C17H18N2O7. The number of aryl methyl sites for hydroxylation is 1. The van der Waals surface area contributed by atoms with E-state index in [2.05, 4.69) is 4.74 Å². The first-order valence-electron chi connectivity index (χ1n) is 7.34. The Morgan fingerprint density at radius 2 is 1.77 bits per heavy atom. The summed E-state index contributed by atoms with van der Waals surface area (Å²) in [6.07, 6.45) is 0. The van der Waals surface area contributed by atoms with Crippen molar-refractivity contribution in [2.75, 3.05) is 14.2 Å². The fourth-order valence-corrected chi connectivity index (χ4v) is 2.33. The van der Waals surface area contributed by atoms with Gasteiger partial charge in [0.1, 0.15) is 28.4 Å². The van der Waals surface area contributed by atoms with Gasteiger partial charge in [-0.3, -0.25) is 10.2 Å². The summed E-state index contributed by atoms with van der Waals surface area (Å²) in [5.41, 5.74) is 2.13.